The third-order valence-corrected chi connectivity index (χ3v) is 3.71. The van der Waals surface area contributed by atoms with E-state index in [4.69, 9.17) is 0 Å². The molecule has 0 heterocycles. The van der Waals surface area contributed by atoms with Crippen LogP contribution in [-0.4, -0.2) is 39.4 Å². The van der Waals surface area contributed by atoms with Gasteiger partial charge in [-0.25, -0.2) is 0 Å². The molecular weight excluding hydrogens is 224 g/mol. The van der Waals surface area contributed by atoms with Gasteiger partial charge >= 0.3 is 0 Å². The van der Waals surface area contributed by atoms with Crippen LogP contribution in [0, 0.1) is 0 Å². The first-order valence-corrected chi connectivity index (χ1v) is 6.14. The second kappa shape index (κ2) is 4.58. The van der Waals surface area contributed by atoms with Crippen LogP contribution in [0.5, 0.6) is 0 Å². The predicted molar refractivity (Wildman–Crippen MR) is 75.8 cm³/mol. The van der Waals surface area contributed by atoms with Gasteiger partial charge in [0.05, 0.1) is 0 Å². The van der Waals surface area contributed by atoms with Crippen LogP contribution in [0.25, 0.3) is 6.08 Å². The highest BCUT2D eigenvalue weighted by molar-refractivity contribution is 5.81. The van der Waals surface area contributed by atoms with Crippen molar-refractivity contribution in [1.82, 2.24) is 4.90 Å². The lowest BCUT2D eigenvalue weighted by atomic mass is 9.79. The predicted octanol–water partition coefficient (Wildman–Crippen LogP) is 2.13. The van der Waals surface area contributed by atoms with Crippen LogP contribution in [-0.2, 0) is 10.3 Å². The molecule has 1 aromatic carbocycles. The van der Waals surface area contributed by atoms with Crippen molar-refractivity contribution in [2.75, 3.05) is 33.1 Å². The van der Waals surface area contributed by atoms with Crippen molar-refractivity contribution in [3.8, 4) is 0 Å². The summed E-state index contributed by atoms with van der Waals surface area (Å²) in [4.78, 5) is 15.8. The van der Waals surface area contributed by atoms with E-state index in [1.165, 1.54) is 0 Å². The Morgan fingerprint density at radius 2 is 1.94 bits per heavy atom. The van der Waals surface area contributed by atoms with Crippen LogP contribution >= 0.6 is 0 Å². The number of hydrogen-bond acceptors (Lipinski definition) is 3. The average Bonchev–Trinajstić information content (AvgIpc) is 2.36. The van der Waals surface area contributed by atoms with E-state index in [0.717, 1.165) is 29.5 Å². The van der Waals surface area contributed by atoms with Gasteiger partial charge in [0.2, 0.25) is 0 Å². The zero-order valence-corrected chi connectivity index (χ0v) is 11.5. The highest BCUT2D eigenvalue weighted by Gasteiger charge is 2.39. The van der Waals surface area contributed by atoms with E-state index in [-0.39, 0.29) is 0 Å². The molecule has 3 heteroatoms. The number of carbonyl (C=O) groups is 1. The van der Waals surface area contributed by atoms with Crippen molar-refractivity contribution in [2.45, 2.75) is 12.0 Å². The summed E-state index contributed by atoms with van der Waals surface area (Å²) in [6.45, 7) is 0. The maximum atomic E-state index is 11.8. The van der Waals surface area contributed by atoms with E-state index >= 15 is 0 Å². The molecule has 0 radical (unpaired) electrons. The molecule has 0 amide bonds. The fourth-order valence-corrected chi connectivity index (χ4v) is 2.63. The van der Waals surface area contributed by atoms with Crippen LogP contribution in [0.15, 0.2) is 24.3 Å². The summed E-state index contributed by atoms with van der Waals surface area (Å²) >= 11 is 0. The van der Waals surface area contributed by atoms with Crippen molar-refractivity contribution in [2.24, 2.45) is 0 Å². The minimum Gasteiger partial charge on any atom is -0.377 e. The van der Waals surface area contributed by atoms with E-state index in [9.17, 15) is 4.79 Å². The van der Waals surface area contributed by atoms with Crippen molar-refractivity contribution in [3.05, 3.63) is 35.4 Å². The molecule has 2 rings (SSSR count). The van der Waals surface area contributed by atoms with Gasteiger partial charge in [-0.1, -0.05) is 24.3 Å². The summed E-state index contributed by atoms with van der Waals surface area (Å²) < 4.78 is 0. The fraction of sp³-hybridized carbons (Fsp3) is 0.400. The highest BCUT2D eigenvalue weighted by Crippen LogP contribution is 2.41. The third kappa shape index (κ3) is 1.75. The molecule has 0 N–H and O–H groups in total. The highest BCUT2D eigenvalue weighted by atomic mass is 16.1. The smallest absolute Gasteiger partial charge is 0.145 e. The number of likely N-dealkylation sites (N-methyl/N-ethyl adjacent to an activating group) is 1. The molecule has 96 valence electrons. The Kier molecular flexibility index (Phi) is 3.26. The molecule has 1 aromatic rings. The molecule has 3 nitrogen and oxygen atoms in total. The maximum absolute atomic E-state index is 11.8. The number of nitrogens with zero attached hydrogens (tertiary/aromatic N) is 2. The first kappa shape index (κ1) is 12.8. The minimum atomic E-state index is -0.551. The van der Waals surface area contributed by atoms with Crippen molar-refractivity contribution in [3.63, 3.8) is 0 Å². The Hall–Kier alpha value is -1.61. The monoisotopic (exact) mass is 244 g/mol. The third-order valence-electron chi connectivity index (χ3n) is 3.71. The van der Waals surface area contributed by atoms with E-state index in [1.54, 1.807) is 0 Å². The van der Waals surface area contributed by atoms with Gasteiger partial charge in [0.1, 0.15) is 11.8 Å². The van der Waals surface area contributed by atoms with Gasteiger partial charge in [-0.3, -0.25) is 4.90 Å². The van der Waals surface area contributed by atoms with Crippen LogP contribution in [0.3, 0.4) is 0 Å². The molecule has 1 aliphatic rings. The van der Waals surface area contributed by atoms with Gasteiger partial charge in [-0.2, -0.15) is 0 Å². The number of carbonyl (C=O) groups excluding carboxylic acids is 1. The molecule has 1 atom stereocenters. The van der Waals surface area contributed by atoms with Crippen molar-refractivity contribution < 1.29 is 4.79 Å². The quantitative estimate of drug-likeness (QED) is 0.761. The lowest BCUT2D eigenvalue weighted by Crippen LogP contribution is -2.45. The maximum Gasteiger partial charge on any atom is 0.145 e. The Morgan fingerprint density at radius 1 is 1.22 bits per heavy atom. The zero-order chi connectivity index (χ0) is 13.3. The first-order chi connectivity index (χ1) is 8.53. The van der Waals surface area contributed by atoms with Crippen LogP contribution in [0.1, 0.15) is 17.5 Å². The minimum absolute atomic E-state index is 0.551. The van der Waals surface area contributed by atoms with Gasteiger partial charge in [-0.15, -0.1) is 0 Å². The molecule has 18 heavy (non-hydrogen) atoms. The molecule has 1 unspecified atom stereocenters. The molecule has 1 aliphatic carbocycles. The molecular formula is C15H20N2O. The van der Waals surface area contributed by atoms with E-state index in [2.05, 4.69) is 29.2 Å². The SMILES string of the molecule is CN(C)c1cccc2c1C(C=O)(N(C)C)CC=C2. The number of hydrogen-bond donors (Lipinski definition) is 0. The molecule has 0 fully saturated rings. The topological polar surface area (TPSA) is 23.6 Å². The van der Waals surface area contributed by atoms with Crippen molar-refractivity contribution >= 4 is 18.0 Å². The van der Waals surface area contributed by atoms with Gasteiger partial charge in [0, 0.05) is 25.3 Å². The van der Waals surface area contributed by atoms with E-state index in [0.29, 0.717) is 0 Å². The van der Waals surface area contributed by atoms with Gasteiger partial charge in [0.15, 0.2) is 0 Å². The van der Waals surface area contributed by atoms with E-state index < -0.39 is 5.54 Å². The summed E-state index contributed by atoms with van der Waals surface area (Å²) in [6, 6.07) is 6.18. The van der Waals surface area contributed by atoms with Gasteiger partial charge in [-0.05, 0) is 32.1 Å². The number of aldehydes is 1. The largest absolute Gasteiger partial charge is 0.377 e. The summed E-state index contributed by atoms with van der Waals surface area (Å²) in [5.74, 6) is 0. The number of rotatable bonds is 3. The molecule has 0 saturated heterocycles. The van der Waals surface area contributed by atoms with Gasteiger partial charge < -0.3 is 9.69 Å². The Balaban J connectivity index is 2.74. The summed E-state index contributed by atoms with van der Waals surface area (Å²) in [7, 11) is 7.95. The number of anilines is 1. The number of benzene rings is 1. The zero-order valence-electron chi connectivity index (χ0n) is 11.5. The van der Waals surface area contributed by atoms with Crippen LogP contribution in [0.4, 0.5) is 5.69 Å². The summed E-state index contributed by atoms with van der Waals surface area (Å²) in [5, 5.41) is 0. The van der Waals surface area contributed by atoms with Crippen LogP contribution < -0.4 is 4.90 Å². The lowest BCUT2D eigenvalue weighted by molar-refractivity contribution is -0.117. The second-order valence-corrected chi connectivity index (χ2v) is 5.18. The molecule has 0 spiro atoms. The molecule has 0 saturated carbocycles. The normalized spacial score (nSPS) is 21.8. The molecule has 0 bridgehead atoms. The Morgan fingerprint density at radius 3 is 2.50 bits per heavy atom. The second-order valence-electron chi connectivity index (χ2n) is 5.18. The number of fused-ring (bicyclic) bond motifs is 1. The van der Waals surface area contributed by atoms with E-state index in [1.807, 2.05) is 39.2 Å². The standard InChI is InChI=1S/C15H20N2O/c1-16(2)13-9-5-7-12-8-6-10-15(11-18,14(12)13)17(3)4/h5-9,11H,10H2,1-4H3. The average molecular weight is 244 g/mol. The van der Waals surface area contributed by atoms with Crippen molar-refractivity contribution in [1.29, 1.82) is 0 Å². The summed E-state index contributed by atoms with van der Waals surface area (Å²) in [6.07, 6.45) is 5.98. The van der Waals surface area contributed by atoms with Crippen LogP contribution in [0.2, 0.25) is 0 Å². The first-order valence-electron chi connectivity index (χ1n) is 6.14. The summed E-state index contributed by atoms with van der Waals surface area (Å²) in [5.41, 5.74) is 2.80. The Bertz CT molecular complexity index is 491. The van der Waals surface area contributed by atoms with Gasteiger partial charge in [0.25, 0.3) is 0 Å². The Labute approximate surface area is 109 Å². The molecule has 0 aromatic heterocycles. The molecule has 0 aliphatic heterocycles. The lowest BCUT2D eigenvalue weighted by Gasteiger charge is -2.40. The fourth-order valence-electron chi connectivity index (χ4n) is 2.63.